The highest BCUT2D eigenvalue weighted by atomic mass is 16.7. The SMILES string of the molecule is CCN(C/C=C\O)C(O)C1COC2(CCC(C(C)(C)C)CC2)O1. The van der Waals surface area contributed by atoms with E-state index < -0.39 is 12.0 Å². The largest absolute Gasteiger partial charge is 0.516 e. The Bertz CT molecular complexity index is 396. The zero-order valence-electron chi connectivity index (χ0n) is 15.0. The van der Waals surface area contributed by atoms with Gasteiger partial charge in [0.15, 0.2) is 5.79 Å². The zero-order chi connectivity index (χ0) is 17.1. The molecule has 0 radical (unpaired) electrons. The van der Waals surface area contributed by atoms with E-state index in [1.807, 2.05) is 11.8 Å². The molecule has 2 fully saturated rings. The molecule has 1 heterocycles. The van der Waals surface area contributed by atoms with Gasteiger partial charge in [0, 0.05) is 19.4 Å². The predicted octanol–water partition coefficient (Wildman–Crippen LogP) is 3.05. The van der Waals surface area contributed by atoms with Gasteiger partial charge in [-0.05, 0) is 36.8 Å². The molecule has 5 heteroatoms. The van der Waals surface area contributed by atoms with E-state index in [1.54, 1.807) is 6.08 Å². The number of ether oxygens (including phenoxy) is 2. The van der Waals surface area contributed by atoms with Crippen LogP contribution in [0, 0.1) is 11.3 Å². The van der Waals surface area contributed by atoms with Crippen LogP contribution in [-0.2, 0) is 9.47 Å². The second kappa shape index (κ2) is 7.51. The van der Waals surface area contributed by atoms with Crippen molar-refractivity contribution in [3.8, 4) is 0 Å². The molecule has 0 bridgehead atoms. The summed E-state index contributed by atoms with van der Waals surface area (Å²) in [6.45, 7) is 10.5. The predicted molar refractivity (Wildman–Crippen MR) is 90.0 cm³/mol. The molecule has 2 atom stereocenters. The minimum atomic E-state index is -0.712. The maximum absolute atomic E-state index is 10.5. The van der Waals surface area contributed by atoms with E-state index in [4.69, 9.17) is 14.6 Å². The number of hydrogen-bond acceptors (Lipinski definition) is 5. The zero-order valence-corrected chi connectivity index (χ0v) is 15.0. The van der Waals surface area contributed by atoms with Crippen molar-refractivity contribution in [1.82, 2.24) is 4.90 Å². The number of likely N-dealkylation sites (N-methyl/N-ethyl adjacent to an activating group) is 1. The van der Waals surface area contributed by atoms with Crippen LogP contribution in [0.2, 0.25) is 0 Å². The molecule has 0 aromatic rings. The average Bonchev–Trinajstić information content (AvgIpc) is 2.91. The molecule has 5 nitrogen and oxygen atoms in total. The van der Waals surface area contributed by atoms with Crippen LogP contribution in [-0.4, -0.2) is 52.9 Å². The molecule has 1 saturated carbocycles. The molecule has 0 amide bonds. The highest BCUT2D eigenvalue weighted by Crippen LogP contribution is 2.45. The normalized spacial score (nSPS) is 33.8. The lowest BCUT2D eigenvalue weighted by atomic mass is 9.71. The summed E-state index contributed by atoms with van der Waals surface area (Å²) < 4.78 is 12.2. The first-order valence-electron chi connectivity index (χ1n) is 8.84. The van der Waals surface area contributed by atoms with Gasteiger partial charge in [0.2, 0.25) is 0 Å². The van der Waals surface area contributed by atoms with Gasteiger partial charge in [-0.2, -0.15) is 0 Å². The Kier molecular flexibility index (Phi) is 6.11. The minimum absolute atomic E-state index is 0.326. The Morgan fingerprint density at radius 1 is 1.30 bits per heavy atom. The fraction of sp³-hybridized carbons (Fsp3) is 0.889. The van der Waals surface area contributed by atoms with E-state index in [1.165, 1.54) is 0 Å². The average molecular weight is 327 g/mol. The third kappa shape index (κ3) is 4.47. The molecule has 0 aromatic heterocycles. The Labute approximate surface area is 140 Å². The number of nitrogens with zero attached hydrogens (tertiary/aromatic N) is 1. The topological polar surface area (TPSA) is 62.2 Å². The van der Waals surface area contributed by atoms with Crippen molar-refractivity contribution in [2.75, 3.05) is 19.7 Å². The van der Waals surface area contributed by atoms with Crippen LogP contribution in [0.5, 0.6) is 0 Å². The van der Waals surface area contributed by atoms with Gasteiger partial charge in [-0.15, -0.1) is 0 Å². The second-order valence-electron chi connectivity index (χ2n) is 7.90. The van der Waals surface area contributed by atoms with E-state index in [0.29, 0.717) is 31.0 Å². The molecule has 1 aliphatic heterocycles. The lowest BCUT2D eigenvalue weighted by Crippen LogP contribution is -2.46. The number of hydrogen-bond donors (Lipinski definition) is 2. The van der Waals surface area contributed by atoms with Gasteiger partial charge in [0.1, 0.15) is 12.3 Å². The summed E-state index contributed by atoms with van der Waals surface area (Å²) in [6.07, 6.45) is 5.61. The third-order valence-corrected chi connectivity index (χ3v) is 5.41. The fourth-order valence-corrected chi connectivity index (χ4v) is 3.75. The van der Waals surface area contributed by atoms with Crippen LogP contribution < -0.4 is 0 Å². The molecule has 1 spiro atoms. The standard InChI is InChI=1S/C18H33NO4/c1-5-19(11-6-12-20)16(21)15-13-22-18(23-15)9-7-14(8-10-18)17(2,3)4/h6,12,14-16,20-21H,5,7-11,13H2,1-4H3/b12-6-. The summed E-state index contributed by atoms with van der Waals surface area (Å²) in [6, 6.07) is 0. The molecule has 1 saturated heterocycles. The smallest absolute Gasteiger partial charge is 0.169 e. The Balaban J connectivity index is 1.91. The fourth-order valence-electron chi connectivity index (χ4n) is 3.75. The Hall–Kier alpha value is -0.620. The van der Waals surface area contributed by atoms with Crippen molar-refractivity contribution >= 4 is 0 Å². The van der Waals surface area contributed by atoms with Gasteiger partial charge < -0.3 is 19.7 Å². The summed E-state index contributed by atoms with van der Waals surface area (Å²) >= 11 is 0. The summed E-state index contributed by atoms with van der Waals surface area (Å²) in [4.78, 5) is 1.86. The lowest BCUT2D eigenvalue weighted by Gasteiger charge is -2.41. The van der Waals surface area contributed by atoms with Gasteiger partial charge >= 0.3 is 0 Å². The van der Waals surface area contributed by atoms with Crippen molar-refractivity contribution in [2.24, 2.45) is 11.3 Å². The van der Waals surface area contributed by atoms with Crippen molar-refractivity contribution in [3.63, 3.8) is 0 Å². The summed E-state index contributed by atoms with van der Waals surface area (Å²) in [5.41, 5.74) is 0.328. The maximum Gasteiger partial charge on any atom is 0.169 e. The van der Waals surface area contributed by atoms with Crippen LogP contribution in [0.4, 0.5) is 0 Å². The van der Waals surface area contributed by atoms with Crippen LogP contribution in [0.25, 0.3) is 0 Å². The van der Waals surface area contributed by atoms with Crippen LogP contribution >= 0.6 is 0 Å². The van der Waals surface area contributed by atoms with Gasteiger partial charge in [-0.25, -0.2) is 0 Å². The number of aliphatic hydroxyl groups excluding tert-OH is 2. The van der Waals surface area contributed by atoms with Gasteiger partial charge in [0.25, 0.3) is 0 Å². The van der Waals surface area contributed by atoms with Crippen LogP contribution in [0.1, 0.15) is 53.4 Å². The quantitative estimate of drug-likeness (QED) is 0.600. The molecule has 2 unspecified atom stereocenters. The van der Waals surface area contributed by atoms with E-state index in [2.05, 4.69) is 20.8 Å². The van der Waals surface area contributed by atoms with Crippen molar-refractivity contribution in [2.45, 2.75) is 71.5 Å². The number of rotatable bonds is 5. The molecule has 2 rings (SSSR count). The van der Waals surface area contributed by atoms with Crippen molar-refractivity contribution in [1.29, 1.82) is 0 Å². The summed E-state index contributed by atoms with van der Waals surface area (Å²) in [5, 5.41) is 19.3. The summed E-state index contributed by atoms with van der Waals surface area (Å²) in [5.74, 6) is 0.200. The molecule has 2 N–H and O–H groups in total. The molecular formula is C18H33NO4. The lowest BCUT2D eigenvalue weighted by molar-refractivity contribution is -0.212. The first-order valence-corrected chi connectivity index (χ1v) is 8.84. The van der Waals surface area contributed by atoms with Crippen molar-refractivity contribution < 1.29 is 19.7 Å². The highest BCUT2D eigenvalue weighted by Gasteiger charge is 2.48. The summed E-state index contributed by atoms with van der Waals surface area (Å²) in [7, 11) is 0. The molecule has 134 valence electrons. The highest BCUT2D eigenvalue weighted by molar-refractivity contribution is 4.91. The molecular weight excluding hydrogens is 294 g/mol. The Morgan fingerprint density at radius 2 is 1.96 bits per heavy atom. The first-order chi connectivity index (χ1) is 10.8. The molecule has 1 aliphatic carbocycles. The Morgan fingerprint density at radius 3 is 2.48 bits per heavy atom. The van der Waals surface area contributed by atoms with Crippen molar-refractivity contribution in [3.05, 3.63) is 12.3 Å². The van der Waals surface area contributed by atoms with E-state index in [9.17, 15) is 5.11 Å². The third-order valence-electron chi connectivity index (χ3n) is 5.41. The van der Waals surface area contributed by atoms with E-state index in [0.717, 1.165) is 31.9 Å². The van der Waals surface area contributed by atoms with Crippen LogP contribution in [0.3, 0.4) is 0 Å². The van der Waals surface area contributed by atoms with Crippen LogP contribution in [0.15, 0.2) is 12.3 Å². The maximum atomic E-state index is 10.5. The van der Waals surface area contributed by atoms with E-state index >= 15 is 0 Å². The van der Waals surface area contributed by atoms with Gasteiger partial charge in [0.05, 0.1) is 12.9 Å². The van der Waals surface area contributed by atoms with Gasteiger partial charge in [-0.3, -0.25) is 4.90 Å². The second-order valence-corrected chi connectivity index (χ2v) is 7.90. The van der Waals surface area contributed by atoms with E-state index in [-0.39, 0.29) is 6.10 Å². The minimum Gasteiger partial charge on any atom is -0.516 e. The monoisotopic (exact) mass is 327 g/mol. The molecule has 2 aliphatic rings. The molecule has 0 aromatic carbocycles. The first kappa shape index (κ1) is 18.7. The molecule has 23 heavy (non-hydrogen) atoms. The van der Waals surface area contributed by atoms with Gasteiger partial charge in [-0.1, -0.05) is 27.7 Å². The number of aliphatic hydroxyl groups is 2.